The molecule has 0 spiro atoms. The molecule has 0 radical (unpaired) electrons. The minimum Gasteiger partial charge on any atom is -0.368 e. The van der Waals surface area contributed by atoms with Crippen molar-refractivity contribution < 1.29 is 4.79 Å². The molecule has 1 saturated heterocycles. The average Bonchev–Trinajstić information content (AvgIpc) is 3.26. The van der Waals surface area contributed by atoms with Crippen LogP contribution in [0.25, 0.3) is 0 Å². The van der Waals surface area contributed by atoms with Crippen molar-refractivity contribution in [3.05, 3.63) is 28.2 Å². The summed E-state index contributed by atoms with van der Waals surface area (Å²) in [5.41, 5.74) is 1.06. The molecule has 0 unspecified atom stereocenters. The summed E-state index contributed by atoms with van der Waals surface area (Å²) in [7, 11) is 0. The van der Waals surface area contributed by atoms with Crippen LogP contribution in [0.3, 0.4) is 0 Å². The van der Waals surface area contributed by atoms with Crippen LogP contribution in [0.4, 0.5) is 10.5 Å². The Kier molecular flexibility index (Phi) is 3.94. The van der Waals surface area contributed by atoms with Crippen LogP contribution in [0.1, 0.15) is 12.8 Å². The molecule has 1 aliphatic heterocycles. The molecular weight excluding hydrogens is 297 g/mol. The summed E-state index contributed by atoms with van der Waals surface area (Å²) in [4.78, 5) is 16.1. The van der Waals surface area contributed by atoms with E-state index in [2.05, 4.69) is 10.2 Å². The molecule has 3 rings (SSSR count). The maximum Gasteiger partial charge on any atom is 0.317 e. The Balaban J connectivity index is 1.57. The van der Waals surface area contributed by atoms with Crippen LogP contribution in [0, 0.1) is 0 Å². The second kappa shape index (κ2) is 5.70. The molecule has 0 bridgehead atoms. The van der Waals surface area contributed by atoms with Gasteiger partial charge in [0.05, 0.1) is 10.0 Å². The number of carbonyl (C=O) groups excluding carboxylic acids is 1. The zero-order valence-electron chi connectivity index (χ0n) is 11.1. The molecule has 108 valence electrons. The van der Waals surface area contributed by atoms with E-state index in [1.54, 1.807) is 0 Å². The van der Waals surface area contributed by atoms with Gasteiger partial charge in [-0.25, -0.2) is 4.79 Å². The lowest BCUT2D eigenvalue weighted by Crippen LogP contribution is -2.52. The van der Waals surface area contributed by atoms with E-state index >= 15 is 0 Å². The first-order valence-corrected chi connectivity index (χ1v) is 7.64. The molecule has 4 nitrogen and oxygen atoms in total. The van der Waals surface area contributed by atoms with Crippen LogP contribution in [-0.2, 0) is 0 Å². The van der Waals surface area contributed by atoms with Crippen LogP contribution in [0.2, 0.25) is 10.0 Å². The number of nitrogens with zero attached hydrogens (tertiary/aromatic N) is 2. The summed E-state index contributed by atoms with van der Waals surface area (Å²) < 4.78 is 0. The number of rotatable bonds is 2. The highest BCUT2D eigenvalue weighted by atomic mass is 35.5. The van der Waals surface area contributed by atoms with Crippen LogP contribution in [-0.4, -0.2) is 43.2 Å². The van der Waals surface area contributed by atoms with Gasteiger partial charge in [0.2, 0.25) is 0 Å². The van der Waals surface area contributed by atoms with E-state index in [9.17, 15) is 4.79 Å². The van der Waals surface area contributed by atoms with E-state index in [1.807, 2.05) is 23.1 Å². The van der Waals surface area contributed by atoms with Crippen molar-refractivity contribution in [2.75, 3.05) is 31.1 Å². The highest BCUT2D eigenvalue weighted by Crippen LogP contribution is 2.27. The SMILES string of the molecule is O=C(NC1CC1)N1CCN(c2ccc(Cl)c(Cl)c2)CC1. The first-order chi connectivity index (χ1) is 9.63. The van der Waals surface area contributed by atoms with Gasteiger partial charge in [0.1, 0.15) is 0 Å². The molecule has 6 heteroatoms. The molecule has 2 fully saturated rings. The van der Waals surface area contributed by atoms with Crippen LogP contribution in [0.15, 0.2) is 18.2 Å². The predicted octanol–water partition coefficient (Wildman–Crippen LogP) is 2.99. The lowest BCUT2D eigenvalue weighted by molar-refractivity contribution is 0.194. The van der Waals surface area contributed by atoms with Gasteiger partial charge in [-0.15, -0.1) is 0 Å². The molecule has 0 aromatic heterocycles. The van der Waals surface area contributed by atoms with Crippen molar-refractivity contribution in [1.29, 1.82) is 0 Å². The lowest BCUT2D eigenvalue weighted by atomic mass is 10.2. The van der Waals surface area contributed by atoms with Gasteiger partial charge >= 0.3 is 6.03 Å². The number of anilines is 1. The molecule has 2 amide bonds. The van der Waals surface area contributed by atoms with Crippen molar-refractivity contribution in [1.82, 2.24) is 10.2 Å². The van der Waals surface area contributed by atoms with Crippen LogP contribution in [0.5, 0.6) is 0 Å². The summed E-state index contributed by atoms with van der Waals surface area (Å²) in [6.07, 6.45) is 2.24. The molecule has 1 aromatic rings. The van der Waals surface area contributed by atoms with Gasteiger partial charge in [-0.3, -0.25) is 0 Å². The van der Waals surface area contributed by atoms with E-state index in [0.29, 0.717) is 16.1 Å². The van der Waals surface area contributed by atoms with E-state index in [1.165, 1.54) is 0 Å². The summed E-state index contributed by atoms with van der Waals surface area (Å²) >= 11 is 12.0. The predicted molar refractivity (Wildman–Crippen MR) is 81.8 cm³/mol. The quantitative estimate of drug-likeness (QED) is 0.911. The number of hydrogen-bond donors (Lipinski definition) is 1. The average molecular weight is 314 g/mol. The minimum absolute atomic E-state index is 0.0706. The normalized spacial score (nSPS) is 19.1. The molecule has 20 heavy (non-hydrogen) atoms. The highest BCUT2D eigenvalue weighted by molar-refractivity contribution is 6.42. The van der Waals surface area contributed by atoms with Gasteiger partial charge in [-0.2, -0.15) is 0 Å². The lowest BCUT2D eigenvalue weighted by Gasteiger charge is -2.36. The number of hydrogen-bond acceptors (Lipinski definition) is 2. The molecule has 1 N–H and O–H groups in total. The first-order valence-electron chi connectivity index (χ1n) is 6.89. The van der Waals surface area contributed by atoms with Crippen molar-refractivity contribution >= 4 is 34.9 Å². The van der Waals surface area contributed by atoms with Gasteiger partial charge in [0.15, 0.2) is 0 Å². The summed E-state index contributed by atoms with van der Waals surface area (Å²) in [5.74, 6) is 0. The Morgan fingerprint density at radius 1 is 1.10 bits per heavy atom. The number of nitrogens with one attached hydrogen (secondary N) is 1. The van der Waals surface area contributed by atoms with Gasteiger partial charge in [-0.05, 0) is 31.0 Å². The van der Waals surface area contributed by atoms with Gasteiger partial charge < -0.3 is 15.1 Å². The highest BCUT2D eigenvalue weighted by Gasteiger charge is 2.27. The Hall–Kier alpha value is -1.13. The molecule has 1 heterocycles. The number of carbonyl (C=O) groups is 1. The number of halogens is 2. The largest absolute Gasteiger partial charge is 0.368 e. The fraction of sp³-hybridized carbons (Fsp3) is 0.500. The van der Waals surface area contributed by atoms with Crippen LogP contribution >= 0.6 is 23.2 Å². The maximum absolute atomic E-state index is 11.9. The van der Waals surface area contributed by atoms with E-state index in [4.69, 9.17) is 23.2 Å². The van der Waals surface area contributed by atoms with Gasteiger partial charge in [0, 0.05) is 37.9 Å². The Morgan fingerprint density at radius 2 is 1.80 bits per heavy atom. The Morgan fingerprint density at radius 3 is 2.40 bits per heavy atom. The summed E-state index contributed by atoms with van der Waals surface area (Å²) in [5, 5.41) is 4.16. The zero-order valence-corrected chi connectivity index (χ0v) is 12.6. The summed E-state index contributed by atoms with van der Waals surface area (Å²) in [6, 6.07) is 6.14. The monoisotopic (exact) mass is 313 g/mol. The zero-order chi connectivity index (χ0) is 14.1. The molecule has 0 atom stereocenters. The molecule has 1 aliphatic carbocycles. The Labute approximate surface area is 128 Å². The van der Waals surface area contributed by atoms with Gasteiger partial charge in [0.25, 0.3) is 0 Å². The second-order valence-electron chi connectivity index (χ2n) is 5.30. The molecule has 1 aromatic carbocycles. The number of benzene rings is 1. The molecule has 2 aliphatic rings. The summed E-state index contributed by atoms with van der Waals surface area (Å²) in [6.45, 7) is 3.10. The topological polar surface area (TPSA) is 35.6 Å². The third-order valence-electron chi connectivity index (χ3n) is 3.74. The maximum atomic E-state index is 11.9. The number of urea groups is 1. The number of amides is 2. The van der Waals surface area contributed by atoms with E-state index < -0.39 is 0 Å². The van der Waals surface area contributed by atoms with E-state index in [-0.39, 0.29) is 6.03 Å². The molecular formula is C14H17Cl2N3O. The fourth-order valence-electron chi connectivity index (χ4n) is 2.34. The third kappa shape index (κ3) is 3.13. The number of piperazine rings is 1. The minimum atomic E-state index is 0.0706. The van der Waals surface area contributed by atoms with Crippen molar-refractivity contribution in [2.45, 2.75) is 18.9 Å². The van der Waals surface area contributed by atoms with E-state index in [0.717, 1.165) is 44.7 Å². The molecule has 1 saturated carbocycles. The van der Waals surface area contributed by atoms with Gasteiger partial charge in [-0.1, -0.05) is 23.2 Å². The van der Waals surface area contributed by atoms with Crippen LogP contribution < -0.4 is 10.2 Å². The third-order valence-corrected chi connectivity index (χ3v) is 4.48. The fourth-order valence-corrected chi connectivity index (χ4v) is 2.64. The smallest absolute Gasteiger partial charge is 0.317 e. The first kappa shape index (κ1) is 13.8. The Bertz CT molecular complexity index is 511. The van der Waals surface area contributed by atoms with Crippen molar-refractivity contribution in [2.24, 2.45) is 0 Å². The van der Waals surface area contributed by atoms with Crippen molar-refractivity contribution in [3.8, 4) is 0 Å². The van der Waals surface area contributed by atoms with Crippen molar-refractivity contribution in [3.63, 3.8) is 0 Å². The second-order valence-corrected chi connectivity index (χ2v) is 6.11. The standard InChI is InChI=1S/C14H17Cl2N3O/c15-12-4-3-11(9-13(12)16)18-5-7-19(8-6-18)14(20)17-10-1-2-10/h3-4,9-10H,1-2,5-8H2,(H,17,20).